The normalized spacial score (nSPS) is 10.2. The Balaban J connectivity index is 2.26. The van der Waals surface area contributed by atoms with Crippen molar-refractivity contribution in [1.29, 1.82) is 0 Å². The Hall–Kier alpha value is -2.57. The number of rotatable bonds is 6. The number of nitrogens with zero attached hydrogens (tertiary/aromatic N) is 3. The van der Waals surface area contributed by atoms with Crippen molar-refractivity contribution in [3.63, 3.8) is 0 Å². The number of nitrogens with two attached hydrogens (primary N) is 1. The van der Waals surface area contributed by atoms with Crippen molar-refractivity contribution in [3.8, 4) is 11.8 Å². The molecule has 0 aliphatic carbocycles. The molecule has 1 heterocycles. The van der Waals surface area contributed by atoms with Gasteiger partial charge >= 0.3 is 6.01 Å². The van der Waals surface area contributed by atoms with Gasteiger partial charge in [0, 0.05) is 0 Å². The van der Waals surface area contributed by atoms with Crippen LogP contribution in [0.2, 0.25) is 0 Å². The quantitative estimate of drug-likeness (QED) is 0.842. The lowest BCUT2D eigenvalue weighted by Crippen LogP contribution is -2.08. The van der Waals surface area contributed by atoms with E-state index in [0.29, 0.717) is 18.3 Å². The van der Waals surface area contributed by atoms with Crippen LogP contribution in [-0.4, -0.2) is 28.7 Å². The molecular formula is C14H19N5O2. The van der Waals surface area contributed by atoms with E-state index in [1.165, 1.54) is 0 Å². The van der Waals surface area contributed by atoms with Crippen molar-refractivity contribution in [2.75, 3.05) is 24.8 Å². The molecule has 0 amide bonds. The third-order valence-corrected chi connectivity index (χ3v) is 2.67. The van der Waals surface area contributed by atoms with Gasteiger partial charge in [-0.3, -0.25) is 0 Å². The summed E-state index contributed by atoms with van der Waals surface area (Å²) < 4.78 is 10.7. The summed E-state index contributed by atoms with van der Waals surface area (Å²) in [6, 6.07) is 5.97. The summed E-state index contributed by atoms with van der Waals surface area (Å²) in [6.45, 7) is 4.51. The third-order valence-electron chi connectivity index (χ3n) is 2.67. The van der Waals surface area contributed by atoms with Gasteiger partial charge in [-0.25, -0.2) is 0 Å². The Morgan fingerprint density at radius 2 is 2.05 bits per heavy atom. The molecule has 0 aliphatic rings. The van der Waals surface area contributed by atoms with Crippen LogP contribution in [0.5, 0.6) is 11.8 Å². The van der Waals surface area contributed by atoms with Crippen LogP contribution in [0.25, 0.3) is 0 Å². The van der Waals surface area contributed by atoms with E-state index in [0.717, 1.165) is 17.7 Å². The Morgan fingerprint density at radius 1 is 1.24 bits per heavy atom. The minimum absolute atomic E-state index is 0.102. The SMILES string of the molecule is CCCOc1nc(N)nc(Nc2cc(C)ccc2OC)n1. The van der Waals surface area contributed by atoms with Crippen LogP contribution in [0, 0.1) is 6.92 Å². The van der Waals surface area contributed by atoms with Crippen LogP contribution >= 0.6 is 0 Å². The molecule has 1 aromatic carbocycles. The maximum Gasteiger partial charge on any atom is 0.323 e. The van der Waals surface area contributed by atoms with Crippen LogP contribution < -0.4 is 20.5 Å². The smallest absolute Gasteiger partial charge is 0.323 e. The lowest BCUT2D eigenvalue weighted by atomic mass is 10.2. The summed E-state index contributed by atoms with van der Waals surface area (Å²) in [5.74, 6) is 1.11. The largest absolute Gasteiger partial charge is 0.495 e. The van der Waals surface area contributed by atoms with Gasteiger partial charge in [-0.05, 0) is 31.0 Å². The lowest BCUT2D eigenvalue weighted by Gasteiger charge is -2.11. The van der Waals surface area contributed by atoms with Crippen LogP contribution in [0.15, 0.2) is 18.2 Å². The highest BCUT2D eigenvalue weighted by Gasteiger charge is 2.09. The zero-order valence-electron chi connectivity index (χ0n) is 12.4. The minimum Gasteiger partial charge on any atom is -0.495 e. The summed E-state index contributed by atoms with van der Waals surface area (Å²) in [5.41, 5.74) is 7.51. The standard InChI is InChI=1S/C14H19N5O2/c1-4-7-21-14-18-12(15)17-13(19-14)16-10-8-9(2)5-6-11(10)20-3/h5-6,8H,4,7H2,1-3H3,(H3,15,16,17,18,19). The van der Waals surface area contributed by atoms with Crippen molar-refractivity contribution < 1.29 is 9.47 Å². The van der Waals surface area contributed by atoms with E-state index in [-0.39, 0.29) is 12.0 Å². The van der Waals surface area contributed by atoms with Crippen molar-refractivity contribution in [2.24, 2.45) is 0 Å². The van der Waals surface area contributed by atoms with Crippen LogP contribution in [-0.2, 0) is 0 Å². The summed E-state index contributed by atoms with van der Waals surface area (Å²) >= 11 is 0. The van der Waals surface area contributed by atoms with Gasteiger partial charge in [0.25, 0.3) is 0 Å². The van der Waals surface area contributed by atoms with E-state index in [1.807, 2.05) is 32.0 Å². The number of aromatic nitrogens is 3. The maximum absolute atomic E-state index is 5.67. The van der Waals surface area contributed by atoms with Crippen LogP contribution in [0.3, 0.4) is 0 Å². The summed E-state index contributed by atoms with van der Waals surface area (Å²) in [7, 11) is 1.60. The second kappa shape index (κ2) is 6.74. The van der Waals surface area contributed by atoms with Crippen molar-refractivity contribution in [1.82, 2.24) is 15.0 Å². The highest BCUT2D eigenvalue weighted by Crippen LogP contribution is 2.27. The van der Waals surface area contributed by atoms with Crippen LogP contribution in [0.1, 0.15) is 18.9 Å². The fraction of sp³-hybridized carbons (Fsp3) is 0.357. The molecule has 0 atom stereocenters. The molecule has 21 heavy (non-hydrogen) atoms. The average Bonchev–Trinajstić information content (AvgIpc) is 2.45. The van der Waals surface area contributed by atoms with Gasteiger partial charge in [-0.1, -0.05) is 13.0 Å². The molecule has 0 aliphatic heterocycles. The lowest BCUT2D eigenvalue weighted by molar-refractivity contribution is 0.292. The van der Waals surface area contributed by atoms with Gasteiger partial charge in [0.2, 0.25) is 11.9 Å². The van der Waals surface area contributed by atoms with E-state index in [4.69, 9.17) is 15.2 Å². The first-order valence-corrected chi connectivity index (χ1v) is 6.68. The predicted octanol–water partition coefficient (Wildman–Crippen LogP) is 2.30. The fourth-order valence-corrected chi connectivity index (χ4v) is 1.73. The van der Waals surface area contributed by atoms with E-state index in [2.05, 4.69) is 20.3 Å². The van der Waals surface area contributed by atoms with Gasteiger partial charge in [-0.15, -0.1) is 0 Å². The van der Waals surface area contributed by atoms with Gasteiger partial charge < -0.3 is 20.5 Å². The number of anilines is 3. The zero-order valence-corrected chi connectivity index (χ0v) is 12.4. The molecule has 0 bridgehead atoms. The average molecular weight is 289 g/mol. The number of methoxy groups -OCH3 is 1. The Bertz CT molecular complexity index is 618. The molecule has 112 valence electrons. The van der Waals surface area contributed by atoms with E-state index in [9.17, 15) is 0 Å². The van der Waals surface area contributed by atoms with Gasteiger partial charge in [0.15, 0.2) is 0 Å². The monoisotopic (exact) mass is 289 g/mol. The molecule has 0 saturated heterocycles. The molecular weight excluding hydrogens is 270 g/mol. The summed E-state index contributed by atoms with van der Waals surface area (Å²) in [5, 5.41) is 3.07. The summed E-state index contributed by atoms with van der Waals surface area (Å²) in [6.07, 6.45) is 0.861. The molecule has 0 radical (unpaired) electrons. The number of ether oxygens (including phenoxy) is 2. The van der Waals surface area contributed by atoms with Gasteiger partial charge in [-0.2, -0.15) is 15.0 Å². The van der Waals surface area contributed by atoms with Crippen molar-refractivity contribution in [2.45, 2.75) is 20.3 Å². The molecule has 0 saturated carbocycles. The first kappa shape index (κ1) is 14.8. The molecule has 1 aromatic heterocycles. The molecule has 3 N–H and O–H groups in total. The van der Waals surface area contributed by atoms with E-state index >= 15 is 0 Å². The number of nitrogens with one attached hydrogen (secondary N) is 1. The van der Waals surface area contributed by atoms with E-state index < -0.39 is 0 Å². The number of hydrogen-bond donors (Lipinski definition) is 2. The third kappa shape index (κ3) is 3.95. The molecule has 7 nitrogen and oxygen atoms in total. The Labute approximate surface area is 123 Å². The molecule has 2 rings (SSSR count). The Kier molecular flexibility index (Phi) is 4.76. The number of nitrogen functional groups attached to an aromatic ring is 1. The topological polar surface area (TPSA) is 95.2 Å². The van der Waals surface area contributed by atoms with Gasteiger partial charge in [0.1, 0.15) is 5.75 Å². The minimum atomic E-state index is 0.102. The first-order chi connectivity index (χ1) is 10.1. The first-order valence-electron chi connectivity index (χ1n) is 6.68. The zero-order chi connectivity index (χ0) is 15.2. The van der Waals surface area contributed by atoms with Crippen molar-refractivity contribution in [3.05, 3.63) is 23.8 Å². The van der Waals surface area contributed by atoms with Gasteiger partial charge in [0.05, 0.1) is 19.4 Å². The second-order valence-corrected chi connectivity index (χ2v) is 4.48. The fourth-order valence-electron chi connectivity index (χ4n) is 1.73. The highest BCUT2D eigenvalue weighted by atomic mass is 16.5. The molecule has 7 heteroatoms. The number of benzene rings is 1. The Morgan fingerprint density at radius 3 is 2.76 bits per heavy atom. The predicted molar refractivity (Wildman–Crippen MR) is 81.0 cm³/mol. The highest BCUT2D eigenvalue weighted by molar-refractivity contribution is 5.64. The second-order valence-electron chi connectivity index (χ2n) is 4.48. The van der Waals surface area contributed by atoms with Crippen molar-refractivity contribution >= 4 is 17.6 Å². The number of aryl methyl sites for hydroxylation is 1. The molecule has 0 spiro atoms. The summed E-state index contributed by atoms with van der Waals surface area (Å²) in [4.78, 5) is 12.2. The van der Waals surface area contributed by atoms with Crippen LogP contribution in [0.4, 0.5) is 17.6 Å². The number of hydrogen-bond acceptors (Lipinski definition) is 7. The molecule has 0 fully saturated rings. The molecule has 0 unspecified atom stereocenters. The van der Waals surface area contributed by atoms with E-state index in [1.54, 1.807) is 7.11 Å². The molecule has 2 aromatic rings. The maximum atomic E-state index is 5.67.